The highest BCUT2D eigenvalue weighted by Gasteiger charge is 2.41. The Kier molecular flexibility index (Phi) is 6.15. The van der Waals surface area contributed by atoms with Crippen molar-refractivity contribution in [1.82, 2.24) is 4.90 Å². The molecular weight excluding hydrogens is 426 g/mol. The number of hydrogen-bond acceptors (Lipinski definition) is 5. The van der Waals surface area contributed by atoms with Gasteiger partial charge in [0.05, 0.1) is 11.9 Å². The Balaban J connectivity index is 2.02. The first-order valence-electron chi connectivity index (χ1n) is 10.2. The van der Waals surface area contributed by atoms with Gasteiger partial charge in [0.1, 0.15) is 10.6 Å². The maximum Gasteiger partial charge on any atom is 0.179 e. The largest absolute Gasteiger partial charge is 0.495 e. The van der Waals surface area contributed by atoms with E-state index >= 15 is 0 Å². The van der Waals surface area contributed by atoms with Crippen LogP contribution in [-0.4, -0.2) is 46.8 Å². The number of sulfone groups is 1. The second kappa shape index (κ2) is 8.69. The van der Waals surface area contributed by atoms with Gasteiger partial charge in [0.15, 0.2) is 9.84 Å². The summed E-state index contributed by atoms with van der Waals surface area (Å²) in [5, 5.41) is 0. The second-order valence-electron chi connectivity index (χ2n) is 8.03. The molecule has 6 heteroatoms. The molecule has 0 bridgehead atoms. The van der Waals surface area contributed by atoms with Crippen LogP contribution in [0.3, 0.4) is 0 Å². The summed E-state index contributed by atoms with van der Waals surface area (Å²) in [4.78, 5) is 3.75. The molecule has 3 aromatic rings. The van der Waals surface area contributed by atoms with Crippen molar-refractivity contribution in [3.05, 3.63) is 89.5 Å². The number of likely N-dealkylation sites (N-methyl/N-ethyl adjacent to an activating group) is 1. The van der Waals surface area contributed by atoms with Gasteiger partial charge in [-0.1, -0.05) is 48.5 Å². The van der Waals surface area contributed by atoms with E-state index in [2.05, 4.69) is 60.5 Å². The maximum absolute atomic E-state index is 12.5. The maximum atomic E-state index is 12.5. The third kappa shape index (κ3) is 4.38. The Morgan fingerprint density at radius 1 is 1.00 bits per heavy atom. The molecule has 0 spiro atoms. The summed E-state index contributed by atoms with van der Waals surface area (Å²) in [6.07, 6.45) is 2.02. The third-order valence-corrected chi connectivity index (χ3v) is 8.31. The minimum absolute atomic E-state index is 0.255. The Morgan fingerprint density at radius 2 is 1.65 bits per heavy atom. The lowest BCUT2D eigenvalue weighted by Gasteiger charge is -2.37. The highest BCUT2D eigenvalue weighted by atomic mass is 32.2. The number of thioether (sulfide) groups is 1. The molecular formula is C25H27NO3S2. The molecule has 1 aliphatic rings. The lowest BCUT2D eigenvalue weighted by molar-refractivity contribution is 0.327. The van der Waals surface area contributed by atoms with Crippen LogP contribution in [0.1, 0.15) is 16.7 Å². The zero-order valence-electron chi connectivity index (χ0n) is 18.0. The zero-order chi connectivity index (χ0) is 22.1. The molecule has 162 valence electrons. The fraction of sp³-hybridized carbons (Fsp3) is 0.280. The number of fused-ring (bicyclic) bond motifs is 1. The summed E-state index contributed by atoms with van der Waals surface area (Å²) >= 11 is 1.81. The molecule has 0 N–H and O–H groups in total. The minimum atomic E-state index is -3.41. The van der Waals surface area contributed by atoms with Crippen molar-refractivity contribution in [1.29, 1.82) is 0 Å². The van der Waals surface area contributed by atoms with Crippen molar-refractivity contribution in [2.45, 2.75) is 21.0 Å². The van der Waals surface area contributed by atoms with Gasteiger partial charge in [0.2, 0.25) is 0 Å². The van der Waals surface area contributed by atoms with Crippen LogP contribution in [0.5, 0.6) is 5.75 Å². The topological polar surface area (TPSA) is 46.6 Å². The Hall–Kier alpha value is -2.28. The molecule has 31 heavy (non-hydrogen) atoms. The van der Waals surface area contributed by atoms with Crippen molar-refractivity contribution in [3.63, 3.8) is 0 Å². The van der Waals surface area contributed by atoms with Crippen molar-refractivity contribution in [3.8, 4) is 5.75 Å². The van der Waals surface area contributed by atoms with E-state index in [9.17, 15) is 8.42 Å². The molecule has 0 saturated heterocycles. The van der Waals surface area contributed by atoms with Gasteiger partial charge in [-0.25, -0.2) is 8.42 Å². The van der Waals surface area contributed by atoms with E-state index in [4.69, 9.17) is 4.74 Å². The van der Waals surface area contributed by atoms with Gasteiger partial charge >= 0.3 is 0 Å². The van der Waals surface area contributed by atoms with Crippen LogP contribution < -0.4 is 4.74 Å². The van der Waals surface area contributed by atoms with Crippen LogP contribution in [0.4, 0.5) is 0 Å². The van der Waals surface area contributed by atoms with Crippen LogP contribution in [0, 0.1) is 0 Å². The zero-order valence-corrected chi connectivity index (χ0v) is 19.7. The van der Waals surface area contributed by atoms with Crippen molar-refractivity contribution >= 4 is 21.6 Å². The van der Waals surface area contributed by atoms with E-state index in [-0.39, 0.29) is 4.90 Å². The van der Waals surface area contributed by atoms with Crippen LogP contribution in [-0.2, 0) is 21.0 Å². The van der Waals surface area contributed by atoms with Gasteiger partial charge in [0, 0.05) is 24.2 Å². The van der Waals surface area contributed by atoms with E-state index in [1.165, 1.54) is 23.8 Å². The smallest absolute Gasteiger partial charge is 0.179 e. The first-order valence-corrected chi connectivity index (χ1v) is 12.9. The monoisotopic (exact) mass is 453 g/mol. The average Bonchev–Trinajstić information content (AvgIpc) is 2.90. The number of rotatable bonds is 5. The molecule has 0 fully saturated rings. The van der Waals surface area contributed by atoms with Crippen molar-refractivity contribution in [2.75, 3.05) is 33.5 Å². The SMILES string of the molecule is COc1cc2c(cc1S(C)(=O)=O)CCN(C)CC2(Sc1ccccc1)c1ccccc1. The lowest BCUT2D eigenvalue weighted by Crippen LogP contribution is -2.36. The summed E-state index contributed by atoms with van der Waals surface area (Å²) in [6.45, 7) is 1.65. The van der Waals surface area contributed by atoms with E-state index in [1.54, 1.807) is 0 Å². The third-order valence-electron chi connectivity index (χ3n) is 5.75. The molecule has 0 saturated carbocycles. The fourth-order valence-electron chi connectivity index (χ4n) is 4.28. The van der Waals surface area contributed by atoms with Crippen molar-refractivity contribution in [2.24, 2.45) is 0 Å². The summed E-state index contributed by atoms with van der Waals surface area (Å²) in [5.41, 5.74) is 3.35. The summed E-state index contributed by atoms with van der Waals surface area (Å²) in [5.74, 6) is 0.403. The molecule has 4 rings (SSSR count). The number of benzene rings is 3. The van der Waals surface area contributed by atoms with Crippen molar-refractivity contribution < 1.29 is 13.2 Å². The number of methoxy groups -OCH3 is 1. The molecule has 0 radical (unpaired) electrons. The average molecular weight is 454 g/mol. The first-order chi connectivity index (χ1) is 14.8. The second-order valence-corrected chi connectivity index (χ2v) is 11.4. The quantitative estimate of drug-likeness (QED) is 0.564. The van der Waals surface area contributed by atoms with E-state index in [1.807, 2.05) is 36.0 Å². The van der Waals surface area contributed by atoms with E-state index in [0.29, 0.717) is 5.75 Å². The predicted molar refractivity (Wildman–Crippen MR) is 127 cm³/mol. The van der Waals surface area contributed by atoms with Crippen LogP contribution in [0.15, 0.2) is 82.6 Å². The molecule has 1 aliphatic heterocycles. The Bertz CT molecular complexity index is 1160. The van der Waals surface area contributed by atoms with E-state index in [0.717, 1.165) is 30.6 Å². The van der Waals surface area contributed by atoms with Gasteiger partial charge < -0.3 is 9.64 Å². The molecule has 1 atom stereocenters. The van der Waals surface area contributed by atoms with Crippen LogP contribution >= 0.6 is 11.8 Å². The summed E-state index contributed by atoms with van der Waals surface area (Å²) < 4.78 is 30.1. The highest BCUT2D eigenvalue weighted by molar-refractivity contribution is 8.00. The van der Waals surface area contributed by atoms with Gasteiger partial charge in [-0.2, -0.15) is 0 Å². The van der Waals surface area contributed by atoms with Crippen LogP contribution in [0.2, 0.25) is 0 Å². The predicted octanol–water partition coefficient (Wildman–Crippen LogP) is 4.62. The molecule has 1 unspecified atom stereocenters. The van der Waals surface area contributed by atoms with E-state index < -0.39 is 14.6 Å². The molecule has 0 aromatic heterocycles. The summed E-state index contributed by atoms with van der Waals surface area (Å²) in [7, 11) is 0.254. The first kappa shape index (κ1) is 21.9. The molecule has 0 amide bonds. The molecule has 4 nitrogen and oxygen atoms in total. The summed E-state index contributed by atoms with van der Waals surface area (Å²) in [6, 6.07) is 24.6. The number of ether oxygens (including phenoxy) is 1. The van der Waals surface area contributed by atoms with Gasteiger partial charge in [-0.15, -0.1) is 11.8 Å². The highest BCUT2D eigenvalue weighted by Crippen LogP contribution is 2.51. The minimum Gasteiger partial charge on any atom is -0.495 e. The number of hydrogen-bond donors (Lipinski definition) is 0. The Morgan fingerprint density at radius 3 is 2.26 bits per heavy atom. The molecule has 3 aromatic carbocycles. The van der Waals surface area contributed by atoms with Crippen LogP contribution in [0.25, 0.3) is 0 Å². The molecule has 1 heterocycles. The number of nitrogens with zero attached hydrogens (tertiary/aromatic N) is 1. The molecule has 0 aliphatic carbocycles. The normalized spacial score (nSPS) is 19.5. The standard InChI is InChI=1S/C25H27NO3S2/c1-26-15-14-19-16-24(31(3,27)28)23(29-2)17-22(19)25(18-26,20-10-6-4-7-11-20)30-21-12-8-5-9-13-21/h4-13,16-17H,14-15,18H2,1-3H3. The van der Waals surface area contributed by atoms with Gasteiger partial charge in [-0.3, -0.25) is 0 Å². The lowest BCUT2D eigenvalue weighted by atomic mass is 9.86. The van der Waals surface area contributed by atoms with Gasteiger partial charge in [-0.05, 0) is 54.4 Å². The Labute approximate surface area is 189 Å². The van der Waals surface area contributed by atoms with Gasteiger partial charge in [0.25, 0.3) is 0 Å². The fourth-order valence-corrected chi connectivity index (χ4v) is 6.68.